The van der Waals surface area contributed by atoms with Crippen LogP contribution in [0.4, 0.5) is 22.0 Å². The standard InChI is InChI=1S/C21H26F5N7O/c1-32(28)18(19(22)23)17(27)14-9-13(12-5-3-2-4-6-12)20(34)33(31-14)11-16-15(10-21(24,25)26)29-7-8-30-16/h7-9,12,19H,2-6,10-11,27-28H2,1H3/b18-17-. The molecule has 2 aromatic heterocycles. The number of aromatic nitrogens is 4. The van der Waals surface area contributed by atoms with Crippen LogP contribution in [-0.4, -0.2) is 44.4 Å². The van der Waals surface area contributed by atoms with Crippen molar-refractivity contribution in [3.05, 3.63) is 57.2 Å². The smallest absolute Gasteiger partial charge is 0.394 e. The molecule has 1 aliphatic rings. The van der Waals surface area contributed by atoms with Gasteiger partial charge in [0.25, 0.3) is 12.0 Å². The first-order chi connectivity index (χ1) is 16.0. The summed E-state index contributed by atoms with van der Waals surface area (Å²) in [5, 5.41) is 4.77. The highest BCUT2D eigenvalue weighted by molar-refractivity contribution is 5.63. The van der Waals surface area contributed by atoms with E-state index in [4.69, 9.17) is 11.6 Å². The molecule has 0 aliphatic heterocycles. The van der Waals surface area contributed by atoms with E-state index in [0.29, 0.717) is 23.4 Å². The molecule has 4 N–H and O–H groups in total. The van der Waals surface area contributed by atoms with Crippen LogP contribution in [0.2, 0.25) is 0 Å². The monoisotopic (exact) mass is 487 g/mol. The molecule has 3 rings (SSSR count). The predicted molar refractivity (Wildman–Crippen MR) is 114 cm³/mol. The third-order valence-electron chi connectivity index (χ3n) is 5.71. The molecule has 13 heteroatoms. The summed E-state index contributed by atoms with van der Waals surface area (Å²) < 4.78 is 67.1. The van der Waals surface area contributed by atoms with E-state index < -0.39 is 42.5 Å². The molecule has 34 heavy (non-hydrogen) atoms. The number of nitrogens with two attached hydrogens (primary N) is 2. The lowest BCUT2D eigenvalue weighted by atomic mass is 9.84. The van der Waals surface area contributed by atoms with Crippen LogP contribution in [0.3, 0.4) is 0 Å². The van der Waals surface area contributed by atoms with Crippen LogP contribution in [0.1, 0.15) is 60.7 Å². The van der Waals surface area contributed by atoms with Crippen LogP contribution < -0.4 is 17.1 Å². The molecule has 1 saturated carbocycles. The van der Waals surface area contributed by atoms with Crippen LogP contribution >= 0.6 is 0 Å². The molecule has 1 fully saturated rings. The molecule has 0 amide bonds. The van der Waals surface area contributed by atoms with Crippen molar-refractivity contribution >= 4 is 5.70 Å². The molecule has 186 valence electrons. The molecule has 0 spiro atoms. The molecule has 0 atom stereocenters. The van der Waals surface area contributed by atoms with Gasteiger partial charge in [0.05, 0.1) is 30.1 Å². The number of hydrogen-bond donors (Lipinski definition) is 2. The van der Waals surface area contributed by atoms with Crippen molar-refractivity contribution in [1.29, 1.82) is 0 Å². The van der Waals surface area contributed by atoms with Crippen molar-refractivity contribution in [2.75, 3.05) is 7.05 Å². The van der Waals surface area contributed by atoms with Gasteiger partial charge in [-0.15, -0.1) is 0 Å². The fraction of sp³-hybridized carbons (Fsp3) is 0.524. The van der Waals surface area contributed by atoms with Crippen molar-refractivity contribution in [1.82, 2.24) is 24.8 Å². The summed E-state index contributed by atoms with van der Waals surface area (Å²) in [4.78, 5) is 21.0. The number of hydrogen-bond acceptors (Lipinski definition) is 7. The third-order valence-corrected chi connectivity index (χ3v) is 5.71. The number of hydrazine groups is 1. The molecule has 1 aliphatic carbocycles. The molecule has 8 nitrogen and oxygen atoms in total. The van der Waals surface area contributed by atoms with E-state index in [1.165, 1.54) is 19.3 Å². The summed E-state index contributed by atoms with van der Waals surface area (Å²) in [5.41, 5.74) is 4.08. The molecule has 0 aromatic carbocycles. The number of alkyl halides is 5. The van der Waals surface area contributed by atoms with Crippen LogP contribution in [0.15, 0.2) is 29.0 Å². The number of rotatable bonds is 7. The average molecular weight is 487 g/mol. The Bertz CT molecular complexity index is 1080. The minimum absolute atomic E-state index is 0.103. The Hall–Kier alpha value is -3.09. The van der Waals surface area contributed by atoms with Gasteiger partial charge in [0, 0.05) is 25.0 Å². The first-order valence-corrected chi connectivity index (χ1v) is 10.7. The molecular weight excluding hydrogens is 461 g/mol. The van der Waals surface area contributed by atoms with Crippen molar-refractivity contribution in [2.24, 2.45) is 11.6 Å². The maximum atomic E-state index is 13.6. The molecule has 0 bridgehead atoms. The van der Waals surface area contributed by atoms with E-state index in [9.17, 15) is 26.7 Å². The Morgan fingerprint density at radius 2 is 1.79 bits per heavy atom. The van der Waals surface area contributed by atoms with Gasteiger partial charge >= 0.3 is 6.18 Å². The van der Waals surface area contributed by atoms with E-state index in [2.05, 4.69) is 15.1 Å². The molecule has 0 unspecified atom stereocenters. The van der Waals surface area contributed by atoms with E-state index in [-0.39, 0.29) is 23.0 Å². The highest BCUT2D eigenvalue weighted by Gasteiger charge is 2.31. The maximum absolute atomic E-state index is 13.6. The van der Waals surface area contributed by atoms with Crippen LogP contribution in [0, 0.1) is 0 Å². The lowest BCUT2D eigenvalue weighted by Gasteiger charge is -2.23. The summed E-state index contributed by atoms with van der Waals surface area (Å²) >= 11 is 0. The second kappa shape index (κ2) is 10.5. The molecule has 0 radical (unpaired) electrons. The Balaban J connectivity index is 2.15. The predicted octanol–water partition coefficient (Wildman–Crippen LogP) is 2.93. The fourth-order valence-electron chi connectivity index (χ4n) is 4.11. The molecule has 2 aromatic rings. The highest BCUT2D eigenvalue weighted by atomic mass is 19.4. The van der Waals surface area contributed by atoms with Crippen LogP contribution in [-0.2, 0) is 13.0 Å². The molecular formula is C21H26F5N7O. The van der Waals surface area contributed by atoms with Crippen molar-refractivity contribution < 1.29 is 22.0 Å². The number of nitrogens with zero attached hydrogens (tertiary/aromatic N) is 5. The van der Waals surface area contributed by atoms with Gasteiger partial charge in [-0.25, -0.2) is 19.3 Å². The zero-order valence-electron chi connectivity index (χ0n) is 18.5. The Morgan fingerprint density at radius 3 is 2.35 bits per heavy atom. The number of allylic oxidation sites excluding steroid dienone is 1. The summed E-state index contributed by atoms with van der Waals surface area (Å²) in [6.45, 7) is -0.429. The highest BCUT2D eigenvalue weighted by Crippen LogP contribution is 2.32. The first kappa shape index (κ1) is 25.5. The van der Waals surface area contributed by atoms with E-state index in [1.807, 2.05) is 0 Å². The topological polar surface area (TPSA) is 116 Å². The van der Waals surface area contributed by atoms with Gasteiger partial charge < -0.3 is 10.7 Å². The summed E-state index contributed by atoms with van der Waals surface area (Å²) in [5.74, 6) is 5.37. The van der Waals surface area contributed by atoms with E-state index in [1.54, 1.807) is 0 Å². The largest absolute Gasteiger partial charge is 0.395 e. The average Bonchev–Trinajstić information content (AvgIpc) is 2.75. The molecule has 0 saturated heterocycles. The Kier molecular flexibility index (Phi) is 7.85. The second-order valence-electron chi connectivity index (χ2n) is 8.23. The quantitative estimate of drug-likeness (QED) is 0.351. The Morgan fingerprint density at radius 1 is 1.18 bits per heavy atom. The van der Waals surface area contributed by atoms with Gasteiger partial charge in [0.15, 0.2) is 0 Å². The van der Waals surface area contributed by atoms with E-state index in [0.717, 1.165) is 30.1 Å². The SMILES string of the molecule is CN(N)/C(=C(\N)c1cc(C2CCCCC2)c(=O)n(Cc2nccnc2CC(F)(F)F)n1)C(F)F. The van der Waals surface area contributed by atoms with Gasteiger partial charge in [-0.1, -0.05) is 19.3 Å². The first-order valence-electron chi connectivity index (χ1n) is 10.7. The summed E-state index contributed by atoms with van der Waals surface area (Å²) in [6, 6.07) is 1.38. The maximum Gasteiger partial charge on any atom is 0.394 e. The van der Waals surface area contributed by atoms with Gasteiger partial charge in [-0.3, -0.25) is 14.8 Å². The van der Waals surface area contributed by atoms with Crippen molar-refractivity contribution in [2.45, 2.75) is 63.6 Å². The van der Waals surface area contributed by atoms with E-state index >= 15 is 0 Å². The third kappa shape index (κ3) is 6.07. The van der Waals surface area contributed by atoms with Gasteiger partial charge in [0.2, 0.25) is 0 Å². The van der Waals surface area contributed by atoms with Crippen LogP contribution in [0.25, 0.3) is 5.70 Å². The zero-order chi connectivity index (χ0) is 25.0. The minimum atomic E-state index is -4.54. The summed E-state index contributed by atoms with van der Waals surface area (Å²) in [7, 11) is 1.19. The Labute approximate surface area is 192 Å². The van der Waals surface area contributed by atoms with Crippen molar-refractivity contribution in [3.8, 4) is 0 Å². The second-order valence-corrected chi connectivity index (χ2v) is 8.23. The minimum Gasteiger partial charge on any atom is -0.395 e. The lowest BCUT2D eigenvalue weighted by molar-refractivity contribution is -0.128. The summed E-state index contributed by atoms with van der Waals surface area (Å²) in [6.07, 6.45) is -2.35. The van der Waals surface area contributed by atoms with Crippen LogP contribution in [0.5, 0.6) is 0 Å². The molecule has 2 heterocycles. The van der Waals surface area contributed by atoms with Gasteiger partial charge in [0.1, 0.15) is 11.4 Å². The lowest BCUT2D eigenvalue weighted by Crippen LogP contribution is -2.34. The normalized spacial score (nSPS) is 16.0. The zero-order valence-corrected chi connectivity index (χ0v) is 18.5. The fourth-order valence-corrected chi connectivity index (χ4v) is 4.11. The van der Waals surface area contributed by atoms with Gasteiger partial charge in [-0.2, -0.15) is 18.3 Å². The van der Waals surface area contributed by atoms with Gasteiger partial charge in [-0.05, 0) is 24.8 Å². The van der Waals surface area contributed by atoms with Crippen molar-refractivity contribution in [3.63, 3.8) is 0 Å². The number of halogens is 5.